The molecule has 10 heavy (non-hydrogen) atoms. The first kappa shape index (κ1) is 11.4. The minimum atomic E-state index is 0. The monoisotopic (exact) mass is 142 g/mol. The lowest BCUT2D eigenvalue weighted by molar-refractivity contribution is -0.0979. The number of carbonyl (C=O) groups is 1. The van der Waals surface area contributed by atoms with Crippen LogP contribution in [0.5, 0.6) is 5.75 Å². The van der Waals surface area contributed by atoms with Gasteiger partial charge in [-0.05, 0) is 12.1 Å². The third kappa shape index (κ3) is 4.80. The highest BCUT2D eigenvalue weighted by atomic mass is 16.3. The Morgan fingerprint density at radius 3 is 1.70 bits per heavy atom. The van der Waals surface area contributed by atoms with E-state index in [4.69, 9.17) is 9.90 Å². The summed E-state index contributed by atoms with van der Waals surface area (Å²) in [5, 5.41) is 8.63. The highest BCUT2D eigenvalue weighted by Gasteiger charge is 1.74. The molecule has 56 valence electrons. The highest BCUT2D eigenvalue weighted by molar-refractivity contribution is 5.18. The van der Waals surface area contributed by atoms with E-state index in [1.165, 1.54) is 0 Å². The number of phenolic OH excluding ortho intramolecular Hbond substituents is 1. The third-order valence-electron chi connectivity index (χ3n) is 0.756. The molecular formula is C7H10O3. The summed E-state index contributed by atoms with van der Waals surface area (Å²) >= 11 is 0. The Morgan fingerprint density at radius 1 is 1.10 bits per heavy atom. The Balaban J connectivity index is 0. The van der Waals surface area contributed by atoms with E-state index in [-0.39, 0.29) is 5.48 Å². The van der Waals surface area contributed by atoms with Gasteiger partial charge in [-0.2, -0.15) is 0 Å². The lowest BCUT2D eigenvalue weighted by Crippen LogP contribution is -1.56. The molecule has 1 aromatic rings. The summed E-state index contributed by atoms with van der Waals surface area (Å²) in [6.45, 7) is 2.00. The number of carbonyl (C=O) groups excluding carboxylic acids is 1. The van der Waals surface area contributed by atoms with Gasteiger partial charge < -0.3 is 15.4 Å². The molecule has 0 heterocycles. The summed E-state index contributed by atoms with van der Waals surface area (Å²) in [6.07, 6.45) is 0. The SMILES string of the molecule is C=O.O.Oc1ccccc1. The third-order valence-corrected chi connectivity index (χ3v) is 0.756. The van der Waals surface area contributed by atoms with Crippen molar-refractivity contribution in [3.05, 3.63) is 30.3 Å². The van der Waals surface area contributed by atoms with Gasteiger partial charge in [0.1, 0.15) is 12.5 Å². The van der Waals surface area contributed by atoms with Crippen LogP contribution in [0.25, 0.3) is 0 Å². The van der Waals surface area contributed by atoms with Gasteiger partial charge in [-0.1, -0.05) is 18.2 Å². The lowest BCUT2D eigenvalue weighted by atomic mass is 10.3. The molecule has 1 rings (SSSR count). The zero-order valence-electron chi connectivity index (χ0n) is 5.45. The molecule has 0 aliphatic rings. The first-order valence-corrected chi connectivity index (χ1v) is 2.42. The van der Waals surface area contributed by atoms with Gasteiger partial charge in [-0.25, -0.2) is 0 Å². The molecule has 0 saturated carbocycles. The van der Waals surface area contributed by atoms with E-state index in [2.05, 4.69) is 0 Å². The second kappa shape index (κ2) is 7.65. The molecule has 1 aromatic carbocycles. The molecule has 0 amide bonds. The van der Waals surface area contributed by atoms with Crippen molar-refractivity contribution in [2.24, 2.45) is 0 Å². The van der Waals surface area contributed by atoms with Crippen LogP contribution in [0, 0.1) is 0 Å². The molecule has 0 aliphatic heterocycles. The predicted octanol–water partition coefficient (Wildman–Crippen LogP) is 0.383. The minimum absolute atomic E-state index is 0. The quantitative estimate of drug-likeness (QED) is 0.569. The average Bonchev–Trinajstić information content (AvgIpc) is 1.94. The maximum atomic E-state index is 8.63. The molecule has 3 nitrogen and oxygen atoms in total. The average molecular weight is 142 g/mol. The summed E-state index contributed by atoms with van der Waals surface area (Å²) < 4.78 is 0. The fraction of sp³-hybridized carbons (Fsp3) is 0. The van der Waals surface area contributed by atoms with Crippen molar-refractivity contribution in [2.75, 3.05) is 0 Å². The second-order valence-corrected chi connectivity index (χ2v) is 1.34. The molecule has 0 aromatic heterocycles. The number of rotatable bonds is 0. The van der Waals surface area contributed by atoms with Crippen molar-refractivity contribution in [3.63, 3.8) is 0 Å². The fourth-order valence-electron chi connectivity index (χ4n) is 0.428. The predicted molar refractivity (Wildman–Crippen MR) is 38.8 cm³/mol. The largest absolute Gasteiger partial charge is 0.508 e. The van der Waals surface area contributed by atoms with E-state index >= 15 is 0 Å². The molecule has 0 bridgehead atoms. The summed E-state index contributed by atoms with van der Waals surface area (Å²) in [6, 6.07) is 8.71. The van der Waals surface area contributed by atoms with Crippen LogP contribution in [-0.4, -0.2) is 17.4 Å². The summed E-state index contributed by atoms with van der Waals surface area (Å²) in [5.74, 6) is 0.322. The molecule has 0 aliphatic carbocycles. The normalized spacial score (nSPS) is 6.40. The Kier molecular flexibility index (Phi) is 8.76. The summed E-state index contributed by atoms with van der Waals surface area (Å²) in [4.78, 5) is 8.00. The molecule has 0 unspecified atom stereocenters. The Hall–Kier alpha value is -1.35. The standard InChI is InChI=1S/C6H6O.CH2O.H2O/c7-6-4-2-1-3-5-6;1-2;/h1-5,7H;1H2;1H2. The van der Waals surface area contributed by atoms with Gasteiger partial charge in [0.25, 0.3) is 0 Å². The van der Waals surface area contributed by atoms with Crippen LogP contribution in [0.3, 0.4) is 0 Å². The minimum Gasteiger partial charge on any atom is -0.508 e. The molecule has 0 spiro atoms. The lowest BCUT2D eigenvalue weighted by Gasteiger charge is -1.82. The number of benzene rings is 1. The molecule has 3 heteroatoms. The van der Waals surface area contributed by atoms with E-state index in [1.807, 2.05) is 12.9 Å². The van der Waals surface area contributed by atoms with Gasteiger partial charge in [-0.3, -0.25) is 0 Å². The molecule has 0 fully saturated rings. The molecule has 0 radical (unpaired) electrons. The van der Waals surface area contributed by atoms with E-state index in [9.17, 15) is 0 Å². The number of hydrogen-bond donors (Lipinski definition) is 1. The molecule has 0 saturated heterocycles. The van der Waals surface area contributed by atoms with Crippen LogP contribution in [0.15, 0.2) is 30.3 Å². The van der Waals surface area contributed by atoms with Gasteiger partial charge in [0, 0.05) is 0 Å². The zero-order chi connectivity index (χ0) is 7.11. The van der Waals surface area contributed by atoms with Crippen LogP contribution in [-0.2, 0) is 4.79 Å². The van der Waals surface area contributed by atoms with E-state index in [0.717, 1.165) is 0 Å². The fourth-order valence-corrected chi connectivity index (χ4v) is 0.428. The second-order valence-electron chi connectivity index (χ2n) is 1.34. The smallest absolute Gasteiger partial charge is 0.115 e. The van der Waals surface area contributed by atoms with Crippen LogP contribution in [0.4, 0.5) is 0 Å². The zero-order valence-corrected chi connectivity index (χ0v) is 5.45. The van der Waals surface area contributed by atoms with Gasteiger partial charge in [0.15, 0.2) is 0 Å². The van der Waals surface area contributed by atoms with E-state index < -0.39 is 0 Å². The van der Waals surface area contributed by atoms with Crippen molar-refractivity contribution in [2.45, 2.75) is 0 Å². The summed E-state index contributed by atoms with van der Waals surface area (Å²) in [7, 11) is 0. The van der Waals surface area contributed by atoms with Crippen LogP contribution in [0.2, 0.25) is 0 Å². The van der Waals surface area contributed by atoms with Crippen molar-refractivity contribution < 1.29 is 15.4 Å². The van der Waals surface area contributed by atoms with Gasteiger partial charge in [0.2, 0.25) is 0 Å². The van der Waals surface area contributed by atoms with Crippen LogP contribution in [0.1, 0.15) is 0 Å². The molecular weight excluding hydrogens is 132 g/mol. The Labute approximate surface area is 59.2 Å². The van der Waals surface area contributed by atoms with Crippen LogP contribution >= 0.6 is 0 Å². The van der Waals surface area contributed by atoms with Crippen molar-refractivity contribution in [1.29, 1.82) is 0 Å². The van der Waals surface area contributed by atoms with Crippen LogP contribution < -0.4 is 0 Å². The van der Waals surface area contributed by atoms with Gasteiger partial charge in [-0.15, -0.1) is 0 Å². The van der Waals surface area contributed by atoms with E-state index in [0.29, 0.717) is 5.75 Å². The van der Waals surface area contributed by atoms with Crippen molar-refractivity contribution >= 4 is 6.79 Å². The van der Waals surface area contributed by atoms with Gasteiger partial charge in [0.05, 0.1) is 0 Å². The Morgan fingerprint density at radius 2 is 1.50 bits per heavy atom. The first-order valence-electron chi connectivity index (χ1n) is 2.42. The maximum absolute atomic E-state index is 8.63. The van der Waals surface area contributed by atoms with Crippen molar-refractivity contribution in [3.8, 4) is 5.75 Å². The highest BCUT2D eigenvalue weighted by Crippen LogP contribution is 2.02. The first-order chi connectivity index (χ1) is 4.39. The number of phenols is 1. The van der Waals surface area contributed by atoms with E-state index in [1.54, 1.807) is 24.3 Å². The summed E-state index contributed by atoms with van der Waals surface area (Å²) in [5.41, 5.74) is 0. The molecule has 0 atom stereocenters. The Bertz CT molecular complexity index is 150. The van der Waals surface area contributed by atoms with Crippen molar-refractivity contribution in [1.82, 2.24) is 0 Å². The van der Waals surface area contributed by atoms with Gasteiger partial charge >= 0.3 is 0 Å². The number of hydrogen-bond acceptors (Lipinski definition) is 2. The maximum Gasteiger partial charge on any atom is 0.115 e. The topological polar surface area (TPSA) is 68.8 Å². The number of aromatic hydroxyl groups is 1. The molecule has 3 N–H and O–H groups in total. The number of para-hydroxylation sites is 1.